The Morgan fingerprint density at radius 2 is 2.17 bits per heavy atom. The third-order valence-electron chi connectivity index (χ3n) is 8.74. The fourth-order valence-corrected chi connectivity index (χ4v) is 7.71. The Kier molecular flexibility index (Phi) is 2.82. The van der Waals surface area contributed by atoms with Gasteiger partial charge in [0.25, 0.3) is 0 Å². The molecule has 0 aromatic heterocycles. The minimum absolute atomic E-state index is 0.0453. The summed E-state index contributed by atoms with van der Waals surface area (Å²) in [5, 5.41) is 10.7. The molecular weight excluding hydrogens is 284 g/mol. The predicted molar refractivity (Wildman–Crippen MR) is 90.6 cm³/mol. The van der Waals surface area contributed by atoms with Crippen molar-refractivity contribution in [1.82, 2.24) is 0 Å². The topological polar surface area (TPSA) is 29.5 Å². The summed E-state index contributed by atoms with van der Waals surface area (Å²) in [6.07, 6.45) is 10.7. The van der Waals surface area contributed by atoms with Gasteiger partial charge in [-0.3, -0.25) is 0 Å². The van der Waals surface area contributed by atoms with Crippen LogP contribution in [0.25, 0.3) is 0 Å². The molecule has 5 aliphatic rings. The second-order valence-electron chi connectivity index (χ2n) is 9.35. The second-order valence-corrected chi connectivity index (χ2v) is 9.35. The summed E-state index contributed by atoms with van der Waals surface area (Å²) in [6.45, 7) is 4.91. The average molecular weight is 314 g/mol. The fraction of sp³-hybridized carbons (Fsp3) is 0.810. The second kappa shape index (κ2) is 4.45. The van der Waals surface area contributed by atoms with E-state index in [1.165, 1.54) is 31.4 Å². The Hall–Kier alpha value is -0.760. The number of ether oxygens (including phenoxy) is 1. The van der Waals surface area contributed by atoms with Crippen LogP contribution in [0.3, 0.4) is 0 Å². The van der Waals surface area contributed by atoms with Crippen LogP contribution in [0.5, 0.6) is 0 Å². The van der Waals surface area contributed by atoms with Gasteiger partial charge in [-0.15, -0.1) is 0 Å². The summed E-state index contributed by atoms with van der Waals surface area (Å²) in [5.41, 5.74) is 4.12. The number of aliphatic hydroxyl groups excluding tert-OH is 1. The monoisotopic (exact) mass is 314 g/mol. The molecule has 0 aliphatic heterocycles. The van der Waals surface area contributed by atoms with Crippen LogP contribution < -0.4 is 0 Å². The van der Waals surface area contributed by atoms with E-state index in [4.69, 9.17) is 4.74 Å². The van der Waals surface area contributed by atoms with Crippen LogP contribution in [-0.2, 0) is 4.74 Å². The average Bonchev–Trinajstić information content (AvgIpc) is 3.19. The van der Waals surface area contributed by atoms with Gasteiger partial charge in [0.2, 0.25) is 0 Å². The lowest BCUT2D eigenvalue weighted by Gasteiger charge is -2.55. The van der Waals surface area contributed by atoms with Gasteiger partial charge in [-0.2, -0.15) is 0 Å². The number of allylic oxidation sites excluding steroid dienone is 3. The van der Waals surface area contributed by atoms with Gasteiger partial charge in [-0.05, 0) is 79.1 Å². The highest BCUT2D eigenvalue weighted by Gasteiger charge is 2.77. The summed E-state index contributed by atoms with van der Waals surface area (Å²) >= 11 is 0. The molecule has 1 N–H and O–H groups in total. The molecule has 0 heterocycles. The van der Waals surface area contributed by atoms with E-state index in [2.05, 4.69) is 19.9 Å². The van der Waals surface area contributed by atoms with E-state index in [0.29, 0.717) is 5.41 Å². The molecule has 3 saturated carbocycles. The molecule has 3 fully saturated rings. The van der Waals surface area contributed by atoms with Crippen molar-refractivity contribution in [3.63, 3.8) is 0 Å². The highest BCUT2D eigenvalue weighted by molar-refractivity contribution is 5.37. The Bertz CT molecular complexity index is 617. The van der Waals surface area contributed by atoms with E-state index in [-0.39, 0.29) is 11.5 Å². The number of rotatable bonds is 1. The van der Waals surface area contributed by atoms with Gasteiger partial charge in [-0.1, -0.05) is 25.0 Å². The SMILES string of the molecule is COC1=CCC2=C(C1)C[C@@H](C)[C@@H]1[C@@H]2CC[C@]2(C)[C@H](O)C[C@H]3C[C@@]312. The Morgan fingerprint density at radius 1 is 1.35 bits per heavy atom. The first-order valence-corrected chi connectivity index (χ1v) is 9.63. The van der Waals surface area contributed by atoms with Crippen LogP contribution in [0.1, 0.15) is 58.8 Å². The number of hydrogen-bond acceptors (Lipinski definition) is 2. The lowest BCUT2D eigenvalue weighted by atomic mass is 9.49. The van der Waals surface area contributed by atoms with Crippen LogP contribution >= 0.6 is 0 Å². The molecule has 5 rings (SSSR count). The third-order valence-corrected chi connectivity index (χ3v) is 8.74. The normalized spacial score (nSPS) is 53.7. The van der Waals surface area contributed by atoms with Crippen LogP contribution in [0.15, 0.2) is 23.0 Å². The molecule has 0 radical (unpaired) electrons. The standard InChI is InChI=1S/C21H30O2/c1-12-8-13-9-15(23-3)4-5-16(13)17-6-7-20(2)18(22)10-14-11-21(14,20)19(12)17/h4,12,14,17-19,22H,5-11H2,1-3H3/t12-,14+,17-,18-,19-,20-,21-/m1/s1. The molecule has 5 aliphatic carbocycles. The van der Waals surface area contributed by atoms with Gasteiger partial charge in [0.1, 0.15) is 0 Å². The molecule has 2 nitrogen and oxygen atoms in total. The Morgan fingerprint density at radius 3 is 2.96 bits per heavy atom. The number of fused-ring (bicyclic) bond motifs is 2. The smallest absolute Gasteiger partial charge is 0.0959 e. The summed E-state index contributed by atoms with van der Waals surface area (Å²) in [7, 11) is 1.81. The maximum atomic E-state index is 10.7. The molecule has 126 valence electrons. The van der Waals surface area contributed by atoms with E-state index in [1.54, 1.807) is 11.1 Å². The molecular formula is C21H30O2. The summed E-state index contributed by atoms with van der Waals surface area (Å²) in [5.74, 6) is 4.36. The first kappa shape index (κ1) is 14.6. The molecule has 0 bridgehead atoms. The summed E-state index contributed by atoms with van der Waals surface area (Å²) < 4.78 is 5.53. The summed E-state index contributed by atoms with van der Waals surface area (Å²) in [4.78, 5) is 0. The lowest BCUT2D eigenvalue weighted by Crippen LogP contribution is -2.51. The maximum Gasteiger partial charge on any atom is 0.0959 e. The molecule has 0 saturated heterocycles. The van der Waals surface area contributed by atoms with Crippen molar-refractivity contribution in [1.29, 1.82) is 0 Å². The van der Waals surface area contributed by atoms with Crippen molar-refractivity contribution in [2.75, 3.05) is 7.11 Å². The Labute approximate surface area is 140 Å². The zero-order valence-corrected chi connectivity index (χ0v) is 14.8. The molecule has 0 amide bonds. The van der Waals surface area contributed by atoms with Crippen molar-refractivity contribution in [3.05, 3.63) is 23.0 Å². The number of aliphatic hydroxyl groups is 1. The molecule has 2 heteroatoms. The molecule has 0 aromatic carbocycles. The van der Waals surface area contributed by atoms with Gasteiger partial charge in [-0.25, -0.2) is 0 Å². The van der Waals surface area contributed by atoms with Crippen molar-refractivity contribution in [3.8, 4) is 0 Å². The van der Waals surface area contributed by atoms with Crippen LogP contribution in [0, 0.1) is 34.5 Å². The van der Waals surface area contributed by atoms with E-state index >= 15 is 0 Å². The van der Waals surface area contributed by atoms with Gasteiger partial charge in [0.05, 0.1) is 19.0 Å². The largest absolute Gasteiger partial charge is 0.501 e. The van der Waals surface area contributed by atoms with Crippen molar-refractivity contribution >= 4 is 0 Å². The number of methoxy groups -OCH3 is 1. The highest BCUT2D eigenvalue weighted by atomic mass is 16.5. The van der Waals surface area contributed by atoms with Crippen molar-refractivity contribution < 1.29 is 9.84 Å². The van der Waals surface area contributed by atoms with Crippen molar-refractivity contribution in [2.24, 2.45) is 34.5 Å². The van der Waals surface area contributed by atoms with E-state index < -0.39 is 0 Å². The Balaban J connectivity index is 1.54. The first-order valence-electron chi connectivity index (χ1n) is 9.63. The van der Waals surface area contributed by atoms with Gasteiger partial charge in [0, 0.05) is 6.42 Å². The van der Waals surface area contributed by atoms with E-state index in [1.807, 2.05) is 7.11 Å². The lowest BCUT2D eigenvalue weighted by molar-refractivity contribution is -0.0780. The molecule has 1 spiro atoms. The highest BCUT2D eigenvalue weighted by Crippen LogP contribution is 2.82. The molecule has 23 heavy (non-hydrogen) atoms. The fourth-order valence-electron chi connectivity index (χ4n) is 7.71. The van der Waals surface area contributed by atoms with Crippen LogP contribution in [-0.4, -0.2) is 18.3 Å². The van der Waals surface area contributed by atoms with Crippen LogP contribution in [0.4, 0.5) is 0 Å². The van der Waals surface area contributed by atoms with E-state index in [0.717, 1.165) is 42.9 Å². The van der Waals surface area contributed by atoms with Gasteiger partial charge in [0.15, 0.2) is 0 Å². The zero-order valence-electron chi connectivity index (χ0n) is 14.8. The van der Waals surface area contributed by atoms with Crippen LogP contribution in [0.2, 0.25) is 0 Å². The molecule has 0 aromatic rings. The van der Waals surface area contributed by atoms with Gasteiger partial charge < -0.3 is 9.84 Å². The minimum Gasteiger partial charge on any atom is -0.501 e. The minimum atomic E-state index is -0.0453. The van der Waals surface area contributed by atoms with Gasteiger partial charge >= 0.3 is 0 Å². The molecule has 0 unspecified atom stereocenters. The predicted octanol–water partition coefficient (Wildman–Crippen LogP) is 4.45. The zero-order chi connectivity index (χ0) is 16.0. The third kappa shape index (κ3) is 1.59. The number of hydrogen-bond donors (Lipinski definition) is 1. The van der Waals surface area contributed by atoms with E-state index in [9.17, 15) is 5.11 Å². The quantitative estimate of drug-likeness (QED) is 0.725. The summed E-state index contributed by atoms with van der Waals surface area (Å²) in [6, 6.07) is 0. The van der Waals surface area contributed by atoms with Crippen molar-refractivity contribution in [2.45, 2.75) is 64.9 Å². The maximum absolute atomic E-state index is 10.7. The molecule has 7 atom stereocenters. The first-order chi connectivity index (χ1) is 11.0.